The standard InChI is InChI=1S/C15H20ClN3/c1-2-15(12-5-7-13(16)8-6-12)10-18-14(17)19(15)9-11-3-4-11/h5-8,11H,2-4,9-10H2,1H3,(H2,17,18). The van der Waals surface area contributed by atoms with Crippen molar-refractivity contribution < 1.29 is 0 Å². The van der Waals surface area contributed by atoms with Gasteiger partial charge in [-0.25, -0.2) is 0 Å². The van der Waals surface area contributed by atoms with Crippen LogP contribution in [-0.4, -0.2) is 23.9 Å². The molecule has 0 aromatic heterocycles. The smallest absolute Gasteiger partial charge is 0.192 e. The largest absolute Gasteiger partial charge is 0.370 e. The lowest BCUT2D eigenvalue weighted by Gasteiger charge is -2.39. The van der Waals surface area contributed by atoms with Gasteiger partial charge in [-0.2, -0.15) is 0 Å². The van der Waals surface area contributed by atoms with Crippen molar-refractivity contribution >= 4 is 17.6 Å². The van der Waals surface area contributed by atoms with E-state index in [1.54, 1.807) is 0 Å². The summed E-state index contributed by atoms with van der Waals surface area (Å²) in [5, 5.41) is 0.774. The lowest BCUT2D eigenvalue weighted by Crippen LogP contribution is -2.49. The van der Waals surface area contributed by atoms with E-state index in [4.69, 9.17) is 17.3 Å². The molecule has 2 aliphatic rings. The fraction of sp³-hybridized carbons (Fsp3) is 0.533. The first kappa shape index (κ1) is 12.8. The molecule has 1 saturated carbocycles. The summed E-state index contributed by atoms with van der Waals surface area (Å²) in [6.45, 7) is 4.00. The van der Waals surface area contributed by atoms with Crippen LogP contribution in [-0.2, 0) is 5.54 Å². The monoisotopic (exact) mass is 277 g/mol. The Morgan fingerprint density at radius 1 is 1.37 bits per heavy atom. The summed E-state index contributed by atoms with van der Waals surface area (Å²) in [6.07, 6.45) is 3.65. The van der Waals surface area contributed by atoms with E-state index < -0.39 is 0 Å². The topological polar surface area (TPSA) is 41.6 Å². The van der Waals surface area contributed by atoms with Gasteiger partial charge >= 0.3 is 0 Å². The van der Waals surface area contributed by atoms with Gasteiger partial charge in [0, 0.05) is 11.6 Å². The summed E-state index contributed by atoms with van der Waals surface area (Å²) in [5.41, 5.74) is 7.32. The third-order valence-electron chi connectivity index (χ3n) is 4.40. The molecule has 4 heteroatoms. The van der Waals surface area contributed by atoms with Gasteiger partial charge < -0.3 is 10.6 Å². The van der Waals surface area contributed by atoms with Crippen LogP contribution in [0.15, 0.2) is 29.3 Å². The summed E-state index contributed by atoms with van der Waals surface area (Å²) in [7, 11) is 0. The fourth-order valence-corrected chi connectivity index (χ4v) is 3.07. The molecule has 0 saturated heterocycles. The Morgan fingerprint density at radius 2 is 2.05 bits per heavy atom. The molecule has 0 amide bonds. The number of nitrogens with two attached hydrogens (primary N) is 1. The molecule has 3 rings (SSSR count). The number of hydrogen-bond donors (Lipinski definition) is 1. The van der Waals surface area contributed by atoms with Gasteiger partial charge in [0.2, 0.25) is 0 Å². The van der Waals surface area contributed by atoms with Gasteiger partial charge in [0.15, 0.2) is 5.96 Å². The lowest BCUT2D eigenvalue weighted by molar-refractivity contribution is 0.187. The summed E-state index contributed by atoms with van der Waals surface area (Å²) >= 11 is 6.00. The van der Waals surface area contributed by atoms with E-state index in [0.29, 0.717) is 5.96 Å². The number of rotatable bonds is 4. The summed E-state index contributed by atoms with van der Waals surface area (Å²) in [4.78, 5) is 6.82. The van der Waals surface area contributed by atoms with E-state index in [1.807, 2.05) is 12.1 Å². The number of nitrogens with zero attached hydrogens (tertiary/aromatic N) is 2. The zero-order chi connectivity index (χ0) is 13.5. The van der Waals surface area contributed by atoms with Gasteiger partial charge in [-0.05, 0) is 42.9 Å². The Bertz CT molecular complexity index is 493. The summed E-state index contributed by atoms with van der Waals surface area (Å²) < 4.78 is 0. The highest BCUT2D eigenvalue weighted by atomic mass is 35.5. The molecule has 2 N–H and O–H groups in total. The van der Waals surface area contributed by atoms with Crippen LogP contribution in [0.25, 0.3) is 0 Å². The molecule has 102 valence electrons. The van der Waals surface area contributed by atoms with E-state index in [9.17, 15) is 0 Å². The normalized spacial score (nSPS) is 26.6. The zero-order valence-electron chi connectivity index (χ0n) is 11.3. The van der Waals surface area contributed by atoms with E-state index in [2.05, 4.69) is 28.9 Å². The molecule has 3 nitrogen and oxygen atoms in total. The molecule has 1 fully saturated rings. The minimum Gasteiger partial charge on any atom is -0.370 e. The second-order valence-corrected chi connectivity index (χ2v) is 6.06. The van der Waals surface area contributed by atoms with Gasteiger partial charge in [-0.15, -0.1) is 0 Å². The van der Waals surface area contributed by atoms with Gasteiger partial charge in [-0.3, -0.25) is 4.99 Å². The van der Waals surface area contributed by atoms with E-state index in [0.717, 1.165) is 30.5 Å². The Balaban J connectivity index is 1.94. The van der Waals surface area contributed by atoms with Crippen LogP contribution in [0.3, 0.4) is 0 Å². The van der Waals surface area contributed by atoms with Crippen LogP contribution in [0.2, 0.25) is 5.02 Å². The van der Waals surface area contributed by atoms with Gasteiger partial charge in [0.05, 0.1) is 12.1 Å². The predicted molar refractivity (Wildman–Crippen MR) is 79.3 cm³/mol. The molecule has 0 bridgehead atoms. The Kier molecular flexibility index (Phi) is 3.17. The van der Waals surface area contributed by atoms with E-state index in [-0.39, 0.29) is 5.54 Å². The Hall–Kier alpha value is -1.22. The van der Waals surface area contributed by atoms with Crippen molar-refractivity contribution in [2.75, 3.05) is 13.1 Å². The number of aliphatic imine (C=N–C) groups is 1. The SMILES string of the molecule is CCC1(c2ccc(Cl)cc2)CN=C(N)N1CC1CC1. The van der Waals surface area contributed by atoms with Gasteiger partial charge in [0.25, 0.3) is 0 Å². The quantitative estimate of drug-likeness (QED) is 0.919. The molecular weight excluding hydrogens is 258 g/mol. The van der Waals surface area contributed by atoms with Crippen molar-refractivity contribution in [1.29, 1.82) is 0 Å². The highest BCUT2D eigenvalue weighted by molar-refractivity contribution is 6.30. The second kappa shape index (κ2) is 4.71. The molecule has 1 aliphatic carbocycles. The zero-order valence-corrected chi connectivity index (χ0v) is 12.0. The van der Waals surface area contributed by atoms with Gasteiger partial charge in [0.1, 0.15) is 0 Å². The lowest BCUT2D eigenvalue weighted by atomic mass is 9.86. The first-order valence-corrected chi connectivity index (χ1v) is 7.37. The molecule has 1 aromatic carbocycles. The first-order chi connectivity index (χ1) is 9.15. The predicted octanol–water partition coefficient (Wildman–Crippen LogP) is 2.99. The maximum Gasteiger partial charge on any atom is 0.192 e. The van der Waals surface area contributed by atoms with Crippen molar-refractivity contribution in [1.82, 2.24) is 4.90 Å². The van der Waals surface area contributed by atoms with E-state index >= 15 is 0 Å². The number of halogens is 1. The number of hydrogen-bond acceptors (Lipinski definition) is 3. The molecule has 1 aliphatic heterocycles. The van der Waals surface area contributed by atoms with Crippen LogP contribution in [0.1, 0.15) is 31.7 Å². The summed E-state index contributed by atoms with van der Waals surface area (Å²) in [5.74, 6) is 1.49. The van der Waals surface area contributed by atoms with Crippen LogP contribution >= 0.6 is 11.6 Å². The summed E-state index contributed by atoms with van der Waals surface area (Å²) in [6, 6.07) is 8.13. The molecule has 1 unspecified atom stereocenters. The Labute approximate surface area is 119 Å². The van der Waals surface area contributed by atoms with Crippen LogP contribution in [0.4, 0.5) is 0 Å². The second-order valence-electron chi connectivity index (χ2n) is 5.62. The minimum atomic E-state index is -0.0722. The molecule has 1 heterocycles. The van der Waals surface area contributed by atoms with E-state index in [1.165, 1.54) is 18.4 Å². The highest BCUT2D eigenvalue weighted by Gasteiger charge is 2.44. The van der Waals surface area contributed by atoms with Crippen molar-refractivity contribution in [2.24, 2.45) is 16.6 Å². The van der Waals surface area contributed by atoms with Crippen LogP contribution in [0.5, 0.6) is 0 Å². The van der Waals surface area contributed by atoms with Crippen molar-refractivity contribution in [2.45, 2.75) is 31.7 Å². The van der Waals surface area contributed by atoms with Crippen molar-refractivity contribution in [3.8, 4) is 0 Å². The molecule has 0 radical (unpaired) electrons. The molecule has 1 aromatic rings. The third kappa shape index (κ3) is 2.20. The minimum absolute atomic E-state index is 0.0722. The number of benzene rings is 1. The van der Waals surface area contributed by atoms with Crippen LogP contribution < -0.4 is 5.73 Å². The average Bonchev–Trinajstić information content (AvgIpc) is 3.18. The molecular formula is C15H20ClN3. The Morgan fingerprint density at radius 3 is 2.63 bits per heavy atom. The van der Waals surface area contributed by atoms with Crippen LogP contribution in [0, 0.1) is 5.92 Å². The molecule has 1 atom stereocenters. The highest BCUT2D eigenvalue weighted by Crippen LogP contribution is 2.40. The van der Waals surface area contributed by atoms with Crippen molar-refractivity contribution in [3.05, 3.63) is 34.9 Å². The molecule has 19 heavy (non-hydrogen) atoms. The first-order valence-electron chi connectivity index (χ1n) is 6.99. The van der Waals surface area contributed by atoms with Gasteiger partial charge in [-0.1, -0.05) is 30.7 Å². The van der Waals surface area contributed by atoms with Crippen molar-refractivity contribution in [3.63, 3.8) is 0 Å². The fourth-order valence-electron chi connectivity index (χ4n) is 2.94. The maximum absolute atomic E-state index is 6.12. The average molecular weight is 278 g/mol. The molecule has 0 spiro atoms. The maximum atomic E-state index is 6.12. The third-order valence-corrected chi connectivity index (χ3v) is 4.65. The number of guanidine groups is 1.